The first-order chi connectivity index (χ1) is 14.8. The van der Waals surface area contributed by atoms with E-state index in [0.717, 1.165) is 48.7 Å². The van der Waals surface area contributed by atoms with Gasteiger partial charge in [0.1, 0.15) is 17.5 Å². The summed E-state index contributed by atoms with van der Waals surface area (Å²) in [6.45, 7) is 2.67. The SMILES string of the molecule is Cc1nnc2n1CC(c1cccc(C(=O)NCCS(=O)(=O)c3ccc(F)cc3)c1)CC2. The van der Waals surface area contributed by atoms with Crippen LogP contribution < -0.4 is 5.32 Å². The lowest BCUT2D eigenvalue weighted by Crippen LogP contribution is -2.29. The number of hydrogen-bond donors (Lipinski definition) is 1. The summed E-state index contributed by atoms with van der Waals surface area (Å²) in [4.78, 5) is 12.6. The van der Waals surface area contributed by atoms with Crippen molar-refractivity contribution in [3.05, 3.63) is 77.1 Å². The van der Waals surface area contributed by atoms with Crippen LogP contribution >= 0.6 is 0 Å². The van der Waals surface area contributed by atoms with Crippen molar-refractivity contribution in [2.24, 2.45) is 0 Å². The summed E-state index contributed by atoms with van der Waals surface area (Å²) in [5.41, 5.74) is 1.55. The normalized spacial score (nSPS) is 16.0. The Kier molecular flexibility index (Phi) is 5.86. The zero-order chi connectivity index (χ0) is 22.0. The van der Waals surface area contributed by atoms with Crippen molar-refractivity contribution >= 4 is 15.7 Å². The van der Waals surface area contributed by atoms with Gasteiger partial charge in [0, 0.05) is 31.0 Å². The number of hydrogen-bond acceptors (Lipinski definition) is 5. The molecular weight excluding hydrogens is 419 g/mol. The van der Waals surface area contributed by atoms with E-state index in [1.54, 1.807) is 6.07 Å². The van der Waals surface area contributed by atoms with Crippen LogP contribution in [-0.4, -0.2) is 41.4 Å². The molecule has 1 aliphatic rings. The highest BCUT2D eigenvalue weighted by Gasteiger charge is 2.23. The minimum absolute atomic E-state index is 0.0323. The number of sulfone groups is 1. The Bertz CT molecular complexity index is 1210. The van der Waals surface area contributed by atoms with E-state index in [1.165, 1.54) is 12.1 Å². The van der Waals surface area contributed by atoms with Gasteiger partial charge < -0.3 is 9.88 Å². The molecule has 0 saturated carbocycles. The third-order valence-electron chi connectivity index (χ3n) is 5.58. The van der Waals surface area contributed by atoms with Crippen molar-refractivity contribution < 1.29 is 17.6 Å². The molecule has 7 nitrogen and oxygen atoms in total. The molecule has 9 heteroatoms. The smallest absolute Gasteiger partial charge is 0.251 e. The van der Waals surface area contributed by atoms with Crippen molar-refractivity contribution in [2.75, 3.05) is 12.3 Å². The van der Waals surface area contributed by atoms with Gasteiger partial charge >= 0.3 is 0 Å². The number of aryl methyl sites for hydroxylation is 2. The Hall–Kier alpha value is -3.07. The van der Waals surface area contributed by atoms with Crippen LogP contribution in [0.2, 0.25) is 0 Å². The zero-order valence-electron chi connectivity index (χ0n) is 17.1. The second-order valence-corrected chi connectivity index (χ2v) is 9.77. The number of carbonyl (C=O) groups is 1. The predicted octanol–water partition coefficient (Wildman–Crippen LogP) is 2.66. The molecular formula is C22H23FN4O3S. The molecule has 1 amide bonds. The van der Waals surface area contributed by atoms with Crippen molar-refractivity contribution in [3.63, 3.8) is 0 Å². The standard InChI is InChI=1S/C22H23FN4O3S/c1-15-25-26-21-10-5-18(14-27(15)21)16-3-2-4-17(13-16)22(28)24-11-12-31(29,30)20-8-6-19(23)7-9-20/h2-4,6-9,13,18H,5,10-12,14H2,1H3,(H,24,28). The number of carbonyl (C=O) groups excluding carboxylic acids is 1. The second kappa shape index (κ2) is 8.58. The summed E-state index contributed by atoms with van der Waals surface area (Å²) >= 11 is 0. The highest BCUT2D eigenvalue weighted by molar-refractivity contribution is 7.91. The van der Waals surface area contributed by atoms with Crippen LogP contribution in [0.1, 0.15) is 39.9 Å². The highest BCUT2D eigenvalue weighted by atomic mass is 32.2. The molecule has 1 atom stereocenters. The topological polar surface area (TPSA) is 93.9 Å². The fourth-order valence-corrected chi connectivity index (χ4v) is 4.99. The Labute approximate surface area is 180 Å². The molecule has 0 fully saturated rings. The van der Waals surface area contributed by atoms with E-state index in [4.69, 9.17) is 0 Å². The Morgan fingerprint density at radius 1 is 1.19 bits per heavy atom. The fraction of sp³-hybridized carbons (Fsp3) is 0.318. The highest BCUT2D eigenvalue weighted by Crippen LogP contribution is 2.29. The molecule has 1 aromatic heterocycles. The maximum absolute atomic E-state index is 13.0. The van der Waals surface area contributed by atoms with Crippen molar-refractivity contribution in [3.8, 4) is 0 Å². The lowest BCUT2D eigenvalue weighted by Gasteiger charge is -2.24. The quantitative estimate of drug-likeness (QED) is 0.593. The molecule has 0 radical (unpaired) electrons. The Morgan fingerprint density at radius 3 is 2.74 bits per heavy atom. The van der Waals surface area contributed by atoms with Crippen LogP contribution in [0.25, 0.3) is 0 Å². The van der Waals surface area contributed by atoms with Gasteiger partial charge in [0.05, 0.1) is 10.6 Å². The first-order valence-corrected chi connectivity index (χ1v) is 11.7. The molecule has 2 heterocycles. The van der Waals surface area contributed by atoms with Crippen LogP contribution in [-0.2, 0) is 22.8 Å². The molecule has 0 bridgehead atoms. The van der Waals surface area contributed by atoms with E-state index in [-0.39, 0.29) is 29.0 Å². The zero-order valence-corrected chi connectivity index (χ0v) is 17.9. The minimum Gasteiger partial charge on any atom is -0.351 e. The van der Waals surface area contributed by atoms with Gasteiger partial charge in [0.15, 0.2) is 9.84 Å². The van der Waals surface area contributed by atoms with E-state index in [0.29, 0.717) is 5.56 Å². The third-order valence-corrected chi connectivity index (χ3v) is 7.31. The summed E-state index contributed by atoms with van der Waals surface area (Å²) in [6.07, 6.45) is 1.77. The Balaban J connectivity index is 1.38. The van der Waals surface area contributed by atoms with Crippen LogP contribution in [0.5, 0.6) is 0 Å². The van der Waals surface area contributed by atoms with Gasteiger partial charge in [-0.2, -0.15) is 0 Å². The summed E-state index contributed by atoms with van der Waals surface area (Å²) in [5, 5.41) is 11.0. The summed E-state index contributed by atoms with van der Waals surface area (Å²) in [6, 6.07) is 12.1. The lowest BCUT2D eigenvalue weighted by molar-refractivity contribution is 0.0956. The monoisotopic (exact) mass is 442 g/mol. The largest absolute Gasteiger partial charge is 0.351 e. The van der Waals surface area contributed by atoms with E-state index in [1.807, 2.05) is 25.1 Å². The van der Waals surface area contributed by atoms with E-state index in [2.05, 4.69) is 20.1 Å². The molecule has 2 aromatic carbocycles. The number of fused-ring (bicyclic) bond motifs is 1. The van der Waals surface area contributed by atoms with Crippen LogP contribution in [0.4, 0.5) is 4.39 Å². The van der Waals surface area contributed by atoms with Gasteiger partial charge in [-0.25, -0.2) is 12.8 Å². The lowest BCUT2D eigenvalue weighted by atomic mass is 9.90. The molecule has 0 spiro atoms. The Morgan fingerprint density at radius 2 is 1.97 bits per heavy atom. The number of aromatic nitrogens is 3. The van der Waals surface area contributed by atoms with Gasteiger partial charge in [0.2, 0.25) is 0 Å². The first kappa shape index (κ1) is 21.2. The number of nitrogens with one attached hydrogen (secondary N) is 1. The molecule has 0 aliphatic carbocycles. The first-order valence-electron chi connectivity index (χ1n) is 10.1. The van der Waals surface area contributed by atoms with Crippen molar-refractivity contribution in [1.29, 1.82) is 0 Å². The molecule has 1 N–H and O–H groups in total. The van der Waals surface area contributed by atoms with Gasteiger partial charge in [-0.1, -0.05) is 12.1 Å². The fourth-order valence-electron chi connectivity index (χ4n) is 3.83. The summed E-state index contributed by atoms with van der Waals surface area (Å²) in [7, 11) is -3.60. The second-order valence-electron chi connectivity index (χ2n) is 7.66. The van der Waals surface area contributed by atoms with E-state index < -0.39 is 15.7 Å². The maximum Gasteiger partial charge on any atom is 0.251 e. The van der Waals surface area contributed by atoms with Crippen molar-refractivity contribution in [1.82, 2.24) is 20.1 Å². The molecule has 3 aromatic rings. The number of halogens is 1. The minimum atomic E-state index is -3.60. The molecule has 4 rings (SSSR count). The average Bonchev–Trinajstić information content (AvgIpc) is 3.14. The predicted molar refractivity (Wildman–Crippen MR) is 113 cm³/mol. The summed E-state index contributed by atoms with van der Waals surface area (Å²) in [5.74, 6) is 1.05. The molecule has 0 saturated heterocycles. The van der Waals surface area contributed by atoms with Crippen LogP contribution in [0.3, 0.4) is 0 Å². The van der Waals surface area contributed by atoms with Gasteiger partial charge in [0.25, 0.3) is 5.91 Å². The molecule has 1 aliphatic heterocycles. The molecule has 31 heavy (non-hydrogen) atoms. The van der Waals surface area contributed by atoms with E-state index >= 15 is 0 Å². The van der Waals surface area contributed by atoms with Crippen LogP contribution in [0.15, 0.2) is 53.4 Å². The molecule has 1 unspecified atom stereocenters. The maximum atomic E-state index is 13.0. The summed E-state index contributed by atoms with van der Waals surface area (Å²) < 4.78 is 39.8. The van der Waals surface area contributed by atoms with Crippen molar-refractivity contribution in [2.45, 2.75) is 37.1 Å². The molecule has 162 valence electrons. The number of nitrogens with zero attached hydrogens (tertiary/aromatic N) is 3. The number of benzene rings is 2. The van der Waals surface area contributed by atoms with E-state index in [9.17, 15) is 17.6 Å². The van der Waals surface area contributed by atoms with Gasteiger partial charge in [-0.3, -0.25) is 4.79 Å². The number of amides is 1. The number of rotatable bonds is 6. The average molecular weight is 443 g/mol. The van der Waals surface area contributed by atoms with Crippen LogP contribution in [0, 0.1) is 12.7 Å². The third kappa shape index (κ3) is 4.66. The van der Waals surface area contributed by atoms with Gasteiger partial charge in [-0.15, -0.1) is 10.2 Å². The van der Waals surface area contributed by atoms with Gasteiger partial charge in [-0.05, 0) is 55.3 Å².